The quantitative estimate of drug-likeness (QED) is 0.615. The van der Waals surface area contributed by atoms with Gasteiger partial charge in [-0.1, -0.05) is 43.2 Å². The molecule has 0 atom stereocenters. The van der Waals surface area contributed by atoms with Crippen molar-refractivity contribution in [3.05, 3.63) is 77.5 Å². The summed E-state index contributed by atoms with van der Waals surface area (Å²) < 4.78 is 2.41. The second-order valence-corrected chi connectivity index (χ2v) is 8.41. The molecular weight excluding hydrogens is 356 g/mol. The third kappa shape index (κ3) is 3.62. The molecule has 2 aromatic carbocycles. The van der Waals surface area contributed by atoms with Gasteiger partial charge in [0.25, 0.3) is 5.91 Å². The zero-order valence-corrected chi connectivity index (χ0v) is 16.9. The van der Waals surface area contributed by atoms with Gasteiger partial charge >= 0.3 is 0 Å². The first kappa shape index (κ1) is 18.2. The van der Waals surface area contributed by atoms with Crippen molar-refractivity contribution in [1.82, 2.24) is 9.88 Å². The molecule has 0 saturated heterocycles. The molecule has 1 fully saturated rings. The van der Waals surface area contributed by atoms with Gasteiger partial charge < -0.3 is 9.88 Å². The van der Waals surface area contributed by atoms with Crippen molar-refractivity contribution in [3.8, 4) is 16.9 Å². The molecule has 3 aromatic rings. The Morgan fingerprint density at radius 1 is 0.862 bits per heavy atom. The van der Waals surface area contributed by atoms with Gasteiger partial charge in [0.15, 0.2) is 0 Å². The maximum Gasteiger partial charge on any atom is 0.251 e. The van der Waals surface area contributed by atoms with Crippen molar-refractivity contribution in [2.45, 2.75) is 57.4 Å². The van der Waals surface area contributed by atoms with Gasteiger partial charge in [0.05, 0.1) is 5.69 Å². The highest BCUT2D eigenvalue weighted by Crippen LogP contribution is 2.34. The third-order valence-electron chi connectivity index (χ3n) is 6.45. The molecule has 0 bridgehead atoms. The monoisotopic (exact) mass is 384 g/mol. The van der Waals surface area contributed by atoms with E-state index in [0.29, 0.717) is 6.04 Å². The van der Waals surface area contributed by atoms with E-state index in [1.54, 1.807) is 0 Å². The Balaban J connectivity index is 1.48. The highest BCUT2D eigenvalue weighted by atomic mass is 16.1. The number of amides is 1. The molecule has 3 nitrogen and oxygen atoms in total. The van der Waals surface area contributed by atoms with Crippen LogP contribution < -0.4 is 5.32 Å². The van der Waals surface area contributed by atoms with Gasteiger partial charge in [0, 0.05) is 23.0 Å². The van der Waals surface area contributed by atoms with Crippen LogP contribution in [0.2, 0.25) is 0 Å². The lowest BCUT2D eigenvalue weighted by atomic mass is 9.98. The van der Waals surface area contributed by atoms with Crippen LogP contribution in [0, 0.1) is 0 Å². The zero-order chi connectivity index (χ0) is 19.6. The van der Waals surface area contributed by atoms with Crippen LogP contribution >= 0.6 is 0 Å². The van der Waals surface area contributed by atoms with E-state index in [1.807, 2.05) is 12.1 Å². The number of carbonyl (C=O) groups is 1. The highest BCUT2D eigenvalue weighted by molar-refractivity contribution is 5.94. The molecule has 1 N–H and O–H groups in total. The second kappa shape index (κ2) is 7.90. The number of fused-ring (bicyclic) bond motifs is 1. The lowest BCUT2D eigenvalue weighted by molar-refractivity contribution is 0.0938. The molecule has 1 aromatic heterocycles. The van der Waals surface area contributed by atoms with E-state index in [2.05, 4.69) is 58.4 Å². The van der Waals surface area contributed by atoms with E-state index >= 15 is 0 Å². The van der Waals surface area contributed by atoms with E-state index in [1.165, 1.54) is 48.2 Å². The van der Waals surface area contributed by atoms with Crippen LogP contribution in [-0.2, 0) is 12.8 Å². The fraction of sp³-hybridized carbons (Fsp3) is 0.346. The molecule has 1 heterocycles. The third-order valence-corrected chi connectivity index (χ3v) is 6.45. The minimum atomic E-state index is 0.0567. The Morgan fingerprint density at radius 3 is 2.34 bits per heavy atom. The summed E-state index contributed by atoms with van der Waals surface area (Å²) in [5.74, 6) is 0.0567. The van der Waals surface area contributed by atoms with Gasteiger partial charge in [-0.2, -0.15) is 0 Å². The van der Waals surface area contributed by atoms with Gasteiger partial charge in [-0.05, 0) is 80.0 Å². The van der Waals surface area contributed by atoms with E-state index in [9.17, 15) is 4.79 Å². The van der Waals surface area contributed by atoms with Crippen molar-refractivity contribution < 1.29 is 4.79 Å². The lowest BCUT2D eigenvalue weighted by Gasteiger charge is -2.18. The summed E-state index contributed by atoms with van der Waals surface area (Å²) in [5, 5.41) is 3.19. The molecule has 148 valence electrons. The van der Waals surface area contributed by atoms with Crippen LogP contribution in [0.3, 0.4) is 0 Å². The first-order valence-corrected chi connectivity index (χ1v) is 11.0. The molecule has 5 rings (SSSR count). The number of nitrogens with one attached hydrogen (secondary N) is 1. The summed E-state index contributed by atoms with van der Waals surface area (Å²) in [6.45, 7) is 0. The van der Waals surface area contributed by atoms with Crippen molar-refractivity contribution in [2.24, 2.45) is 0 Å². The van der Waals surface area contributed by atoms with Gasteiger partial charge in [0.1, 0.15) is 0 Å². The summed E-state index contributed by atoms with van der Waals surface area (Å²) in [5.41, 5.74) is 7.29. The van der Waals surface area contributed by atoms with Crippen LogP contribution in [0.1, 0.15) is 60.1 Å². The Hall–Kier alpha value is -2.81. The average Bonchev–Trinajstić information content (AvgIpc) is 3.42. The predicted octanol–water partition coefficient (Wildman–Crippen LogP) is 5.70. The van der Waals surface area contributed by atoms with Crippen LogP contribution in [0.4, 0.5) is 0 Å². The van der Waals surface area contributed by atoms with Crippen molar-refractivity contribution >= 4 is 5.91 Å². The smallest absolute Gasteiger partial charge is 0.251 e. The molecular formula is C26H28N2O. The van der Waals surface area contributed by atoms with Gasteiger partial charge in [0.2, 0.25) is 0 Å². The number of nitrogens with zero attached hydrogens (tertiary/aromatic N) is 1. The topological polar surface area (TPSA) is 34.0 Å². The molecule has 0 aliphatic heterocycles. The summed E-state index contributed by atoms with van der Waals surface area (Å²) in [6, 6.07) is 21.5. The van der Waals surface area contributed by atoms with Gasteiger partial charge in [-0.25, -0.2) is 0 Å². The van der Waals surface area contributed by atoms with E-state index in [4.69, 9.17) is 0 Å². The number of aromatic nitrogens is 1. The molecule has 29 heavy (non-hydrogen) atoms. The fourth-order valence-electron chi connectivity index (χ4n) is 4.92. The summed E-state index contributed by atoms with van der Waals surface area (Å²) in [4.78, 5) is 12.6. The van der Waals surface area contributed by atoms with E-state index in [-0.39, 0.29) is 5.91 Å². The minimum Gasteiger partial charge on any atom is -0.349 e. The largest absolute Gasteiger partial charge is 0.349 e. The van der Waals surface area contributed by atoms with Crippen molar-refractivity contribution in [3.63, 3.8) is 0 Å². The van der Waals surface area contributed by atoms with Crippen LogP contribution in [0.5, 0.6) is 0 Å². The average molecular weight is 385 g/mol. The van der Waals surface area contributed by atoms with Crippen LogP contribution in [-0.4, -0.2) is 16.5 Å². The Labute approximate surface area is 172 Å². The molecule has 3 heteroatoms. The highest BCUT2D eigenvalue weighted by Gasteiger charge is 2.21. The minimum absolute atomic E-state index is 0.0567. The molecule has 2 aliphatic rings. The SMILES string of the molecule is O=C(NC1CCCC1)c1ccc(-n2c(-c3ccccc3)cc3c2CCCC3)cc1. The fourth-order valence-corrected chi connectivity index (χ4v) is 4.92. The lowest BCUT2D eigenvalue weighted by Crippen LogP contribution is -2.32. The van der Waals surface area contributed by atoms with E-state index in [0.717, 1.165) is 36.9 Å². The molecule has 1 saturated carbocycles. The summed E-state index contributed by atoms with van der Waals surface area (Å²) in [7, 11) is 0. The Kier molecular flexibility index (Phi) is 4.97. The van der Waals surface area contributed by atoms with Gasteiger partial charge in [-0.15, -0.1) is 0 Å². The number of hydrogen-bond acceptors (Lipinski definition) is 1. The van der Waals surface area contributed by atoms with Crippen molar-refractivity contribution in [1.29, 1.82) is 0 Å². The number of hydrogen-bond donors (Lipinski definition) is 1. The normalized spacial score (nSPS) is 16.6. The number of benzene rings is 2. The first-order valence-electron chi connectivity index (χ1n) is 11.0. The molecule has 0 spiro atoms. The standard InChI is InChI=1S/C26H28N2O/c29-26(27-22-11-5-6-12-22)20-14-16-23(17-15-20)28-24-13-7-4-10-21(24)18-25(28)19-8-2-1-3-9-19/h1-3,8-9,14-18,22H,4-7,10-13H2,(H,27,29). The molecule has 0 radical (unpaired) electrons. The molecule has 2 aliphatic carbocycles. The maximum atomic E-state index is 12.6. The molecule has 1 amide bonds. The van der Waals surface area contributed by atoms with Crippen LogP contribution in [0.25, 0.3) is 16.9 Å². The number of aryl methyl sites for hydroxylation is 1. The van der Waals surface area contributed by atoms with Crippen LogP contribution in [0.15, 0.2) is 60.7 Å². The predicted molar refractivity (Wildman–Crippen MR) is 118 cm³/mol. The second-order valence-electron chi connectivity index (χ2n) is 8.41. The number of carbonyl (C=O) groups excluding carboxylic acids is 1. The number of rotatable bonds is 4. The summed E-state index contributed by atoms with van der Waals surface area (Å²) in [6.07, 6.45) is 9.46. The summed E-state index contributed by atoms with van der Waals surface area (Å²) >= 11 is 0. The van der Waals surface area contributed by atoms with Crippen molar-refractivity contribution in [2.75, 3.05) is 0 Å². The van der Waals surface area contributed by atoms with E-state index < -0.39 is 0 Å². The molecule has 0 unspecified atom stereocenters. The Morgan fingerprint density at radius 2 is 1.59 bits per heavy atom. The Bertz CT molecular complexity index is 995. The first-order chi connectivity index (χ1) is 14.3. The zero-order valence-electron chi connectivity index (χ0n) is 16.9. The van der Waals surface area contributed by atoms with Gasteiger partial charge in [-0.3, -0.25) is 4.79 Å². The maximum absolute atomic E-state index is 12.6.